The quantitative estimate of drug-likeness (QED) is 0.608. The number of morpholine rings is 1. The van der Waals surface area contributed by atoms with Gasteiger partial charge in [-0.1, -0.05) is 17.7 Å². The van der Waals surface area contributed by atoms with Gasteiger partial charge in [-0.25, -0.2) is 14.2 Å². The molecule has 3 aromatic rings. The molecule has 0 saturated carbocycles. The zero-order chi connectivity index (χ0) is 22.4. The van der Waals surface area contributed by atoms with Gasteiger partial charge in [-0.3, -0.25) is 18.8 Å². The fourth-order valence-electron chi connectivity index (χ4n) is 4.24. The molecular weight excluding hydrogens is 425 g/mol. The first-order valence-electron chi connectivity index (χ1n) is 10.1. The fourth-order valence-corrected chi connectivity index (χ4v) is 4.46. The number of aromatic nitrogens is 4. The predicted molar refractivity (Wildman–Crippen MR) is 116 cm³/mol. The average molecular weight is 450 g/mol. The standard InChI is InChI=1S/C21H25ClFN5O3/c1-12-8-27(9-13(2)31-12)11-17-24-19-18(20(29)26(4)21(30)25(19)3)28(17)10-14-15(22)6-5-7-16(14)23/h5-7,12-13H,8-11H2,1-4H3. The molecule has 0 bridgehead atoms. The summed E-state index contributed by atoms with van der Waals surface area (Å²) in [5, 5.41) is 0.267. The SMILES string of the molecule is CC1CN(Cc2nc3c(c(=O)n(C)c(=O)n3C)n2Cc2c(F)cccc2Cl)CC(C)O1. The molecule has 0 radical (unpaired) electrons. The van der Waals surface area contributed by atoms with Crippen molar-refractivity contribution < 1.29 is 9.13 Å². The van der Waals surface area contributed by atoms with Crippen LogP contribution in [-0.2, 0) is 31.9 Å². The van der Waals surface area contributed by atoms with Crippen molar-refractivity contribution in [3.05, 3.63) is 61.3 Å². The minimum atomic E-state index is -0.479. The highest BCUT2D eigenvalue weighted by Crippen LogP contribution is 2.24. The van der Waals surface area contributed by atoms with Gasteiger partial charge in [0, 0.05) is 37.8 Å². The number of fused-ring (bicyclic) bond motifs is 1. The van der Waals surface area contributed by atoms with Crippen molar-refractivity contribution in [1.29, 1.82) is 0 Å². The molecule has 2 aromatic heterocycles. The first-order chi connectivity index (χ1) is 14.7. The molecule has 0 N–H and O–H groups in total. The number of benzene rings is 1. The summed E-state index contributed by atoms with van der Waals surface area (Å²) in [5.74, 6) is 0.101. The molecule has 4 rings (SSSR count). The third-order valence-corrected chi connectivity index (χ3v) is 6.02. The van der Waals surface area contributed by atoms with Crippen molar-refractivity contribution >= 4 is 22.8 Å². The normalized spacial score (nSPS) is 19.9. The Labute approximate surface area is 183 Å². The van der Waals surface area contributed by atoms with Crippen LogP contribution < -0.4 is 11.2 Å². The van der Waals surface area contributed by atoms with Crippen molar-refractivity contribution in [3.63, 3.8) is 0 Å². The van der Waals surface area contributed by atoms with E-state index in [-0.39, 0.29) is 40.5 Å². The number of hydrogen-bond acceptors (Lipinski definition) is 5. The number of halogens is 2. The van der Waals surface area contributed by atoms with Crippen LogP contribution in [0.25, 0.3) is 11.2 Å². The van der Waals surface area contributed by atoms with E-state index in [0.717, 1.165) is 4.57 Å². The molecule has 1 saturated heterocycles. The van der Waals surface area contributed by atoms with E-state index in [1.807, 2.05) is 13.8 Å². The van der Waals surface area contributed by atoms with Crippen LogP contribution in [0.4, 0.5) is 4.39 Å². The Morgan fingerprint density at radius 2 is 1.81 bits per heavy atom. The molecule has 1 fully saturated rings. The van der Waals surface area contributed by atoms with Crippen LogP contribution in [0.1, 0.15) is 25.2 Å². The molecule has 1 aliphatic heterocycles. The van der Waals surface area contributed by atoms with Gasteiger partial charge >= 0.3 is 5.69 Å². The first kappa shape index (κ1) is 21.7. The van der Waals surface area contributed by atoms with E-state index in [2.05, 4.69) is 9.88 Å². The summed E-state index contributed by atoms with van der Waals surface area (Å²) in [7, 11) is 2.99. The van der Waals surface area contributed by atoms with Gasteiger partial charge < -0.3 is 9.30 Å². The minimum Gasteiger partial charge on any atom is -0.373 e. The van der Waals surface area contributed by atoms with Crippen LogP contribution in [0.5, 0.6) is 0 Å². The highest BCUT2D eigenvalue weighted by molar-refractivity contribution is 6.31. The molecule has 0 spiro atoms. The van der Waals surface area contributed by atoms with Crippen molar-refractivity contribution in [3.8, 4) is 0 Å². The Morgan fingerprint density at radius 1 is 1.13 bits per heavy atom. The van der Waals surface area contributed by atoms with Crippen LogP contribution in [-0.4, -0.2) is 48.9 Å². The lowest BCUT2D eigenvalue weighted by Crippen LogP contribution is -2.45. The molecule has 8 nitrogen and oxygen atoms in total. The number of hydrogen-bond donors (Lipinski definition) is 0. The van der Waals surface area contributed by atoms with Gasteiger partial charge in [-0.05, 0) is 26.0 Å². The van der Waals surface area contributed by atoms with Crippen molar-refractivity contribution in [2.24, 2.45) is 14.1 Å². The van der Waals surface area contributed by atoms with Crippen LogP contribution in [0.2, 0.25) is 5.02 Å². The molecule has 0 aliphatic carbocycles. The molecule has 166 valence electrons. The number of aryl methyl sites for hydroxylation is 1. The third-order valence-electron chi connectivity index (χ3n) is 5.67. The van der Waals surface area contributed by atoms with E-state index in [4.69, 9.17) is 16.3 Å². The smallest absolute Gasteiger partial charge is 0.332 e. The summed E-state index contributed by atoms with van der Waals surface area (Å²) in [6.45, 7) is 5.86. The maximum Gasteiger partial charge on any atom is 0.332 e. The van der Waals surface area contributed by atoms with Crippen LogP contribution in [0.15, 0.2) is 27.8 Å². The zero-order valence-corrected chi connectivity index (χ0v) is 18.7. The van der Waals surface area contributed by atoms with Crippen LogP contribution >= 0.6 is 11.6 Å². The number of imidazole rings is 1. The molecular formula is C21H25ClFN5O3. The van der Waals surface area contributed by atoms with E-state index in [1.165, 1.54) is 23.7 Å². The van der Waals surface area contributed by atoms with Crippen molar-refractivity contribution in [2.75, 3.05) is 13.1 Å². The van der Waals surface area contributed by atoms with E-state index in [9.17, 15) is 14.0 Å². The maximum atomic E-state index is 14.6. The lowest BCUT2D eigenvalue weighted by atomic mass is 10.2. The van der Waals surface area contributed by atoms with E-state index < -0.39 is 17.1 Å². The van der Waals surface area contributed by atoms with Gasteiger partial charge in [-0.2, -0.15) is 0 Å². The highest BCUT2D eigenvalue weighted by atomic mass is 35.5. The molecule has 31 heavy (non-hydrogen) atoms. The Morgan fingerprint density at radius 3 is 2.45 bits per heavy atom. The number of ether oxygens (including phenoxy) is 1. The topological polar surface area (TPSA) is 74.3 Å². The lowest BCUT2D eigenvalue weighted by Gasteiger charge is -2.35. The molecule has 0 amide bonds. The summed E-state index contributed by atoms with van der Waals surface area (Å²) < 4.78 is 24.4. The van der Waals surface area contributed by atoms with Gasteiger partial charge in [0.05, 0.1) is 25.3 Å². The van der Waals surface area contributed by atoms with Gasteiger partial charge in [0.15, 0.2) is 11.2 Å². The monoisotopic (exact) mass is 449 g/mol. The molecule has 10 heteroatoms. The van der Waals surface area contributed by atoms with Gasteiger partial charge in [0.2, 0.25) is 0 Å². The van der Waals surface area contributed by atoms with E-state index >= 15 is 0 Å². The molecule has 2 atom stereocenters. The largest absolute Gasteiger partial charge is 0.373 e. The third kappa shape index (κ3) is 3.93. The zero-order valence-electron chi connectivity index (χ0n) is 17.9. The summed E-state index contributed by atoms with van der Waals surface area (Å²) in [6.07, 6.45) is 0.111. The Hall–Kier alpha value is -2.49. The highest BCUT2D eigenvalue weighted by Gasteiger charge is 2.26. The van der Waals surface area contributed by atoms with Crippen molar-refractivity contribution in [2.45, 2.75) is 39.1 Å². The molecule has 3 heterocycles. The number of rotatable bonds is 4. The molecule has 1 aliphatic rings. The summed E-state index contributed by atoms with van der Waals surface area (Å²) >= 11 is 6.27. The maximum absolute atomic E-state index is 14.6. The molecule has 2 unspecified atom stereocenters. The Bertz CT molecular complexity index is 1230. The second kappa shape index (κ2) is 8.22. The Balaban J connectivity index is 1.89. The summed E-state index contributed by atoms with van der Waals surface area (Å²) in [4.78, 5) is 32.3. The Kier molecular flexibility index (Phi) is 5.76. The van der Waals surface area contributed by atoms with Crippen LogP contribution in [0, 0.1) is 5.82 Å². The first-order valence-corrected chi connectivity index (χ1v) is 10.5. The average Bonchev–Trinajstić information content (AvgIpc) is 3.05. The van der Waals surface area contributed by atoms with Gasteiger partial charge in [0.25, 0.3) is 5.56 Å². The second-order valence-electron chi connectivity index (χ2n) is 8.14. The van der Waals surface area contributed by atoms with E-state index in [1.54, 1.807) is 17.7 Å². The fraction of sp³-hybridized carbons (Fsp3) is 0.476. The minimum absolute atomic E-state index is 0.0280. The second-order valence-corrected chi connectivity index (χ2v) is 8.55. The number of nitrogens with zero attached hydrogens (tertiary/aromatic N) is 5. The van der Waals surface area contributed by atoms with Gasteiger partial charge in [-0.15, -0.1) is 0 Å². The summed E-state index contributed by atoms with van der Waals surface area (Å²) in [6, 6.07) is 4.48. The van der Waals surface area contributed by atoms with Crippen LogP contribution in [0.3, 0.4) is 0 Å². The predicted octanol–water partition coefficient (Wildman–Crippen LogP) is 1.88. The lowest BCUT2D eigenvalue weighted by molar-refractivity contribution is -0.0712. The van der Waals surface area contributed by atoms with Crippen molar-refractivity contribution in [1.82, 2.24) is 23.6 Å². The molecule has 1 aromatic carbocycles. The summed E-state index contributed by atoms with van der Waals surface area (Å²) in [5.41, 5.74) is -0.165. The van der Waals surface area contributed by atoms with Gasteiger partial charge in [0.1, 0.15) is 11.6 Å². The van der Waals surface area contributed by atoms with E-state index in [0.29, 0.717) is 25.5 Å².